The highest BCUT2D eigenvalue weighted by Gasteiger charge is 2.41. The number of carbonyl (C=O) groups is 5. The first-order valence-corrected chi connectivity index (χ1v) is 17.8. The van der Waals surface area contributed by atoms with E-state index in [2.05, 4.69) is 16.0 Å². The summed E-state index contributed by atoms with van der Waals surface area (Å²) < 4.78 is 5.62. The normalized spacial score (nSPS) is 19.4. The Bertz CT molecular complexity index is 1520. The van der Waals surface area contributed by atoms with Gasteiger partial charge >= 0.3 is 6.09 Å². The molecular weight excluding hydrogens is 638 g/mol. The Morgan fingerprint density at radius 1 is 0.900 bits per heavy atom. The summed E-state index contributed by atoms with van der Waals surface area (Å²) in [6.45, 7) is 5.87. The minimum absolute atomic E-state index is 0.00207. The molecule has 2 unspecified atom stereocenters. The number of nitrogens with two attached hydrogens (primary N) is 1. The van der Waals surface area contributed by atoms with Gasteiger partial charge in [-0.25, -0.2) is 4.79 Å². The van der Waals surface area contributed by atoms with Crippen molar-refractivity contribution < 1.29 is 33.8 Å². The third kappa shape index (κ3) is 9.01. The third-order valence-corrected chi connectivity index (χ3v) is 9.97. The SMILES string of the molecule is CC(C)(C)NC(=O)[C@@H]1CCCN1C(=O)C(O)C(CC1CCCCC1)NC(=O)[C@H](CC(N)=O)NC(=O)OCC1c2ccccc2-c2ccccc21. The lowest BCUT2D eigenvalue weighted by molar-refractivity contribution is -0.147. The molecule has 2 aliphatic carbocycles. The van der Waals surface area contributed by atoms with Gasteiger partial charge in [-0.3, -0.25) is 19.2 Å². The van der Waals surface area contributed by atoms with Crippen LogP contribution in [0.3, 0.4) is 0 Å². The van der Waals surface area contributed by atoms with E-state index < -0.39 is 60.0 Å². The van der Waals surface area contributed by atoms with E-state index in [0.29, 0.717) is 25.8 Å². The molecule has 1 saturated heterocycles. The highest BCUT2D eigenvalue weighted by Crippen LogP contribution is 2.44. The van der Waals surface area contributed by atoms with Crippen molar-refractivity contribution in [3.8, 4) is 11.1 Å². The van der Waals surface area contributed by atoms with Crippen LogP contribution < -0.4 is 21.7 Å². The van der Waals surface area contributed by atoms with Gasteiger partial charge in [0.1, 0.15) is 18.7 Å². The van der Waals surface area contributed by atoms with E-state index in [4.69, 9.17) is 10.5 Å². The topological polar surface area (TPSA) is 180 Å². The Morgan fingerprint density at radius 2 is 1.52 bits per heavy atom. The number of aliphatic hydroxyl groups is 1. The molecule has 2 aromatic rings. The minimum Gasteiger partial charge on any atom is -0.449 e. The van der Waals surface area contributed by atoms with Crippen molar-refractivity contribution in [2.24, 2.45) is 11.7 Å². The van der Waals surface area contributed by atoms with Crippen LogP contribution in [0.2, 0.25) is 0 Å². The number of likely N-dealkylation sites (tertiary alicyclic amines) is 1. The summed E-state index contributed by atoms with van der Waals surface area (Å²) in [5.41, 5.74) is 9.16. The number of hydrogen-bond donors (Lipinski definition) is 5. The molecule has 6 N–H and O–H groups in total. The van der Waals surface area contributed by atoms with Gasteiger partial charge in [-0.05, 0) is 68.2 Å². The highest BCUT2D eigenvalue weighted by molar-refractivity contribution is 5.93. The number of alkyl carbamates (subject to hydrolysis) is 1. The predicted molar refractivity (Wildman–Crippen MR) is 188 cm³/mol. The van der Waals surface area contributed by atoms with Crippen LogP contribution in [0, 0.1) is 5.92 Å². The Morgan fingerprint density at radius 3 is 2.12 bits per heavy atom. The second-order valence-electron chi connectivity index (χ2n) is 14.9. The predicted octanol–water partition coefficient (Wildman–Crippen LogP) is 3.49. The Labute approximate surface area is 293 Å². The Hall–Kier alpha value is -4.45. The first-order chi connectivity index (χ1) is 23.8. The number of primary amides is 1. The van der Waals surface area contributed by atoms with Gasteiger partial charge < -0.3 is 36.4 Å². The smallest absolute Gasteiger partial charge is 0.407 e. The van der Waals surface area contributed by atoms with Crippen molar-refractivity contribution in [1.82, 2.24) is 20.9 Å². The van der Waals surface area contributed by atoms with E-state index in [1.165, 1.54) is 4.90 Å². The molecule has 1 heterocycles. The average molecular weight is 690 g/mol. The van der Waals surface area contributed by atoms with Crippen molar-refractivity contribution in [1.29, 1.82) is 0 Å². The van der Waals surface area contributed by atoms with Crippen LogP contribution in [0.25, 0.3) is 11.1 Å². The largest absolute Gasteiger partial charge is 0.449 e. The lowest BCUT2D eigenvalue weighted by atomic mass is 9.83. The maximum absolute atomic E-state index is 13.8. The van der Waals surface area contributed by atoms with Gasteiger partial charge in [0.25, 0.3) is 5.91 Å². The van der Waals surface area contributed by atoms with E-state index in [1.54, 1.807) is 0 Å². The number of rotatable bonds is 12. The molecular formula is C38H51N5O7. The van der Waals surface area contributed by atoms with Crippen LogP contribution in [0.15, 0.2) is 48.5 Å². The van der Waals surface area contributed by atoms with E-state index in [-0.39, 0.29) is 24.3 Å². The minimum atomic E-state index is -1.65. The molecule has 2 aromatic carbocycles. The lowest BCUT2D eigenvalue weighted by Crippen LogP contribution is -2.59. The fourth-order valence-electron chi connectivity index (χ4n) is 7.62. The molecule has 50 heavy (non-hydrogen) atoms. The maximum Gasteiger partial charge on any atom is 0.407 e. The standard InChI is InChI=1S/C38H51N5O7/c1-38(2,3)42-35(47)31-18-11-19-43(31)36(48)33(45)29(20-23-12-5-4-6-13-23)40-34(46)30(21-32(39)44)41-37(49)50-22-28-26-16-9-7-14-24(26)25-15-8-10-17-27(25)28/h7-10,14-17,23,28-31,33,45H,4-6,11-13,18-22H2,1-3H3,(H2,39,44)(H,40,46)(H,41,49)(H,42,47)/t29?,30-,31-,33?/m0/s1. The fourth-order valence-corrected chi connectivity index (χ4v) is 7.62. The lowest BCUT2D eigenvalue weighted by Gasteiger charge is -2.34. The van der Waals surface area contributed by atoms with Crippen LogP contribution in [0.5, 0.6) is 0 Å². The molecule has 0 bridgehead atoms. The van der Waals surface area contributed by atoms with Gasteiger partial charge in [0.2, 0.25) is 17.7 Å². The van der Waals surface area contributed by atoms with Crippen LogP contribution in [-0.2, 0) is 23.9 Å². The second-order valence-corrected chi connectivity index (χ2v) is 14.9. The fraction of sp³-hybridized carbons (Fsp3) is 0.553. The number of hydrogen-bond acceptors (Lipinski definition) is 7. The summed E-state index contributed by atoms with van der Waals surface area (Å²) in [6.07, 6.45) is 3.19. The van der Waals surface area contributed by atoms with E-state index in [1.807, 2.05) is 69.3 Å². The Balaban J connectivity index is 1.27. The molecule has 3 aliphatic rings. The molecule has 12 nitrogen and oxygen atoms in total. The van der Waals surface area contributed by atoms with Crippen LogP contribution >= 0.6 is 0 Å². The number of aliphatic hydroxyl groups excluding tert-OH is 1. The molecule has 2 fully saturated rings. The summed E-state index contributed by atoms with van der Waals surface area (Å²) in [4.78, 5) is 67.2. The zero-order valence-electron chi connectivity index (χ0n) is 29.3. The van der Waals surface area contributed by atoms with Crippen LogP contribution in [-0.4, -0.2) is 82.6 Å². The average Bonchev–Trinajstić information content (AvgIpc) is 3.69. The van der Waals surface area contributed by atoms with Gasteiger partial charge in [-0.15, -0.1) is 0 Å². The third-order valence-electron chi connectivity index (χ3n) is 9.97. The van der Waals surface area contributed by atoms with E-state index in [0.717, 1.165) is 54.4 Å². The molecule has 1 saturated carbocycles. The van der Waals surface area contributed by atoms with Crippen LogP contribution in [0.4, 0.5) is 4.79 Å². The van der Waals surface area contributed by atoms with Crippen molar-refractivity contribution in [2.75, 3.05) is 13.2 Å². The zero-order valence-corrected chi connectivity index (χ0v) is 29.3. The van der Waals surface area contributed by atoms with Gasteiger partial charge in [0.05, 0.1) is 12.5 Å². The van der Waals surface area contributed by atoms with Crippen molar-refractivity contribution in [2.45, 2.75) is 114 Å². The summed E-state index contributed by atoms with van der Waals surface area (Å²) in [5, 5.41) is 19.7. The monoisotopic (exact) mass is 689 g/mol. The van der Waals surface area contributed by atoms with Gasteiger partial charge in [-0.2, -0.15) is 0 Å². The number of fused-ring (bicyclic) bond motifs is 3. The molecule has 0 spiro atoms. The Kier molecular flexibility index (Phi) is 11.8. The maximum atomic E-state index is 13.8. The molecule has 5 amide bonds. The molecule has 0 aromatic heterocycles. The van der Waals surface area contributed by atoms with Gasteiger partial charge in [0, 0.05) is 18.0 Å². The van der Waals surface area contributed by atoms with Crippen LogP contribution in [0.1, 0.15) is 95.6 Å². The molecule has 12 heteroatoms. The molecule has 4 atom stereocenters. The quantitative estimate of drug-likeness (QED) is 0.226. The number of carbonyl (C=O) groups excluding carboxylic acids is 5. The summed E-state index contributed by atoms with van der Waals surface area (Å²) in [6, 6.07) is 12.6. The number of amides is 5. The van der Waals surface area contributed by atoms with Crippen molar-refractivity contribution in [3.63, 3.8) is 0 Å². The summed E-state index contributed by atoms with van der Waals surface area (Å²) in [5.74, 6) is -2.59. The molecule has 270 valence electrons. The van der Waals surface area contributed by atoms with E-state index in [9.17, 15) is 29.1 Å². The number of benzene rings is 2. The van der Waals surface area contributed by atoms with E-state index >= 15 is 0 Å². The molecule has 0 radical (unpaired) electrons. The number of nitrogens with one attached hydrogen (secondary N) is 3. The first-order valence-electron chi connectivity index (χ1n) is 17.8. The molecule has 5 rings (SSSR count). The highest BCUT2D eigenvalue weighted by atomic mass is 16.5. The molecule has 1 aliphatic heterocycles. The number of ether oxygens (including phenoxy) is 1. The van der Waals surface area contributed by atoms with Crippen molar-refractivity contribution >= 4 is 29.7 Å². The summed E-state index contributed by atoms with van der Waals surface area (Å²) in [7, 11) is 0. The summed E-state index contributed by atoms with van der Waals surface area (Å²) >= 11 is 0. The second kappa shape index (κ2) is 16.1. The van der Waals surface area contributed by atoms with Gasteiger partial charge in [-0.1, -0.05) is 80.6 Å². The first kappa shape index (κ1) is 36.8. The van der Waals surface area contributed by atoms with Gasteiger partial charge in [0.15, 0.2) is 6.10 Å². The number of nitrogens with zero attached hydrogens (tertiary/aromatic N) is 1. The zero-order chi connectivity index (χ0) is 36.0. The van der Waals surface area contributed by atoms with Crippen molar-refractivity contribution in [3.05, 3.63) is 59.7 Å².